The Hall–Kier alpha value is -4.70. The summed E-state index contributed by atoms with van der Waals surface area (Å²) in [5.74, 6) is -0.533. The highest BCUT2D eigenvalue weighted by molar-refractivity contribution is 7.87. The summed E-state index contributed by atoms with van der Waals surface area (Å²) in [6, 6.07) is 23.2. The summed E-state index contributed by atoms with van der Waals surface area (Å²) in [6.45, 7) is 1.35. The van der Waals surface area contributed by atoms with E-state index < -0.39 is 16.0 Å². The van der Waals surface area contributed by atoms with Crippen LogP contribution in [0.1, 0.15) is 22.8 Å². The number of carbonyl (C=O) groups excluding carboxylic acids is 2. The number of carbonyl (C=O) groups is 2. The zero-order chi connectivity index (χ0) is 26.4. The molecule has 0 saturated carbocycles. The molecule has 4 aromatic carbocycles. The van der Waals surface area contributed by atoms with Gasteiger partial charge in [-0.15, -0.1) is 0 Å². The average molecular weight is 518 g/mol. The highest BCUT2D eigenvalue weighted by Gasteiger charge is 2.19. The number of amides is 2. The Labute approximate surface area is 213 Å². The van der Waals surface area contributed by atoms with Gasteiger partial charge in [-0.05, 0) is 70.9 Å². The summed E-state index contributed by atoms with van der Waals surface area (Å²) >= 11 is 0. The van der Waals surface area contributed by atoms with Crippen molar-refractivity contribution < 1.29 is 26.9 Å². The number of hydrogen-bond acceptors (Lipinski definition) is 7. The predicted molar refractivity (Wildman–Crippen MR) is 141 cm³/mol. The van der Waals surface area contributed by atoms with Crippen molar-refractivity contribution in [3.05, 3.63) is 96.1 Å². The molecular weight excluding hydrogens is 494 g/mol. The Morgan fingerprint density at radius 1 is 0.865 bits per heavy atom. The lowest BCUT2D eigenvalue weighted by atomic mass is 10.1. The van der Waals surface area contributed by atoms with Crippen molar-refractivity contribution >= 4 is 44.6 Å². The minimum absolute atomic E-state index is 0.0572. The van der Waals surface area contributed by atoms with Crippen molar-refractivity contribution in [3.63, 3.8) is 0 Å². The van der Waals surface area contributed by atoms with Crippen LogP contribution in [0.2, 0.25) is 0 Å². The third-order valence-corrected chi connectivity index (χ3v) is 6.49. The average Bonchev–Trinajstić information content (AvgIpc) is 2.88. The number of ether oxygens (including phenoxy) is 1. The number of hydrazone groups is 1. The van der Waals surface area contributed by atoms with Crippen LogP contribution >= 0.6 is 0 Å². The molecule has 0 bridgehead atoms. The van der Waals surface area contributed by atoms with E-state index in [1.165, 1.54) is 56.6 Å². The van der Waals surface area contributed by atoms with E-state index in [2.05, 4.69) is 15.8 Å². The maximum absolute atomic E-state index is 12.8. The molecule has 2 N–H and O–H groups in total. The summed E-state index contributed by atoms with van der Waals surface area (Å²) in [5, 5.41) is 8.50. The molecule has 0 aliphatic heterocycles. The lowest BCUT2D eigenvalue weighted by Gasteiger charge is -2.12. The van der Waals surface area contributed by atoms with Crippen LogP contribution < -0.4 is 19.7 Å². The van der Waals surface area contributed by atoms with Gasteiger partial charge in [-0.25, -0.2) is 5.43 Å². The van der Waals surface area contributed by atoms with Gasteiger partial charge in [-0.1, -0.05) is 30.3 Å². The molecule has 0 aromatic heterocycles. The normalized spacial score (nSPS) is 11.3. The van der Waals surface area contributed by atoms with Gasteiger partial charge in [0.1, 0.15) is 4.90 Å². The topological polar surface area (TPSA) is 123 Å². The van der Waals surface area contributed by atoms with E-state index in [1.807, 2.05) is 30.3 Å². The van der Waals surface area contributed by atoms with Gasteiger partial charge in [0.2, 0.25) is 5.91 Å². The Balaban J connectivity index is 1.48. The summed E-state index contributed by atoms with van der Waals surface area (Å²) in [7, 11) is -2.82. The highest BCUT2D eigenvalue weighted by Crippen LogP contribution is 2.30. The van der Waals surface area contributed by atoms with Crippen molar-refractivity contribution in [1.82, 2.24) is 5.43 Å². The van der Waals surface area contributed by atoms with E-state index in [0.29, 0.717) is 16.8 Å². The number of benzene rings is 4. The predicted octanol–water partition coefficient (Wildman–Crippen LogP) is 4.34. The van der Waals surface area contributed by atoms with Crippen molar-refractivity contribution in [3.8, 4) is 11.5 Å². The molecule has 188 valence electrons. The van der Waals surface area contributed by atoms with Crippen LogP contribution in [0.4, 0.5) is 5.69 Å². The molecule has 10 heteroatoms. The van der Waals surface area contributed by atoms with Gasteiger partial charge in [0.25, 0.3) is 5.91 Å². The summed E-state index contributed by atoms with van der Waals surface area (Å²) in [6.07, 6.45) is 1.36. The van der Waals surface area contributed by atoms with E-state index in [9.17, 15) is 18.0 Å². The van der Waals surface area contributed by atoms with Gasteiger partial charge >= 0.3 is 10.1 Å². The molecule has 0 aliphatic rings. The molecule has 37 heavy (non-hydrogen) atoms. The first-order valence-electron chi connectivity index (χ1n) is 11.1. The fraction of sp³-hybridized carbons (Fsp3) is 0.0741. The quantitative estimate of drug-likeness (QED) is 0.204. The standard InChI is InChI=1S/C27H23N3O6S/c1-18(31)29-23-10-12-24(13-11-23)37(33,34)36-26-15-19(7-14-25(26)35-2)17-28-30-27(32)22-9-8-20-5-3-4-6-21(20)16-22/h3-17H,1-2H3,(H,29,31)(H,30,32)/b28-17-. The van der Waals surface area contributed by atoms with Crippen LogP contribution in [0.25, 0.3) is 10.8 Å². The van der Waals surface area contributed by atoms with Gasteiger partial charge in [-0.3, -0.25) is 9.59 Å². The SMILES string of the molecule is COc1ccc(/C=N\NC(=O)c2ccc3ccccc3c2)cc1OS(=O)(=O)c1ccc(NC(C)=O)cc1. The molecule has 9 nitrogen and oxygen atoms in total. The van der Waals surface area contributed by atoms with Gasteiger partial charge in [-0.2, -0.15) is 13.5 Å². The van der Waals surface area contributed by atoms with Crippen molar-refractivity contribution in [1.29, 1.82) is 0 Å². The lowest BCUT2D eigenvalue weighted by molar-refractivity contribution is -0.114. The first-order chi connectivity index (χ1) is 17.7. The minimum atomic E-state index is -4.20. The summed E-state index contributed by atoms with van der Waals surface area (Å²) < 4.78 is 36.2. The second kappa shape index (κ2) is 10.9. The lowest BCUT2D eigenvalue weighted by Crippen LogP contribution is -2.17. The molecule has 0 aliphatic carbocycles. The third-order valence-electron chi connectivity index (χ3n) is 5.24. The number of fused-ring (bicyclic) bond motifs is 1. The fourth-order valence-corrected chi connectivity index (χ4v) is 4.41. The Morgan fingerprint density at radius 3 is 2.30 bits per heavy atom. The number of methoxy groups -OCH3 is 1. The Morgan fingerprint density at radius 2 is 1.59 bits per heavy atom. The highest BCUT2D eigenvalue weighted by atomic mass is 32.2. The molecule has 2 amide bonds. The fourth-order valence-electron chi connectivity index (χ4n) is 3.47. The summed E-state index contributed by atoms with van der Waals surface area (Å²) in [4.78, 5) is 23.6. The van der Waals surface area contributed by atoms with Gasteiger partial charge in [0, 0.05) is 18.2 Å². The maximum atomic E-state index is 12.8. The van der Waals surface area contributed by atoms with E-state index in [0.717, 1.165) is 10.8 Å². The first-order valence-corrected chi connectivity index (χ1v) is 12.5. The molecule has 0 saturated heterocycles. The Bertz CT molecular complexity index is 1600. The van der Waals surface area contributed by atoms with E-state index in [1.54, 1.807) is 18.2 Å². The van der Waals surface area contributed by atoms with Gasteiger partial charge in [0.15, 0.2) is 11.5 Å². The minimum Gasteiger partial charge on any atom is -0.493 e. The molecule has 0 radical (unpaired) electrons. The van der Waals surface area contributed by atoms with Crippen LogP contribution in [0.5, 0.6) is 11.5 Å². The molecule has 0 heterocycles. The first kappa shape index (κ1) is 25.4. The third kappa shape index (κ3) is 6.30. The molecule has 0 spiro atoms. The molecule has 0 fully saturated rings. The van der Waals surface area contributed by atoms with Crippen molar-refractivity contribution in [2.45, 2.75) is 11.8 Å². The van der Waals surface area contributed by atoms with Crippen molar-refractivity contribution in [2.75, 3.05) is 12.4 Å². The summed E-state index contributed by atoms with van der Waals surface area (Å²) in [5.41, 5.74) is 3.83. The number of hydrogen-bond donors (Lipinski definition) is 2. The zero-order valence-corrected chi connectivity index (χ0v) is 20.8. The zero-order valence-electron chi connectivity index (χ0n) is 20.0. The molecule has 0 unspecified atom stereocenters. The number of nitrogens with zero attached hydrogens (tertiary/aromatic N) is 1. The smallest absolute Gasteiger partial charge is 0.339 e. The second-order valence-electron chi connectivity index (χ2n) is 7.91. The Kier molecular flexibility index (Phi) is 7.49. The molecular formula is C27H23N3O6S. The van der Waals surface area contributed by atoms with Crippen LogP contribution in [0.3, 0.4) is 0 Å². The molecule has 4 aromatic rings. The van der Waals surface area contributed by atoms with Crippen LogP contribution in [0, 0.1) is 0 Å². The van der Waals surface area contributed by atoms with Crippen LogP contribution in [0.15, 0.2) is 94.9 Å². The van der Waals surface area contributed by atoms with Gasteiger partial charge in [0.05, 0.1) is 13.3 Å². The van der Waals surface area contributed by atoms with Crippen LogP contribution in [-0.2, 0) is 14.9 Å². The van der Waals surface area contributed by atoms with E-state index in [4.69, 9.17) is 8.92 Å². The molecule has 0 atom stereocenters. The van der Waals surface area contributed by atoms with Crippen LogP contribution in [-0.4, -0.2) is 33.6 Å². The second-order valence-corrected chi connectivity index (χ2v) is 9.46. The monoisotopic (exact) mass is 517 g/mol. The van der Waals surface area contributed by atoms with E-state index >= 15 is 0 Å². The van der Waals surface area contributed by atoms with Crippen molar-refractivity contribution in [2.24, 2.45) is 5.10 Å². The maximum Gasteiger partial charge on any atom is 0.339 e. The molecule has 4 rings (SSSR count). The van der Waals surface area contributed by atoms with Gasteiger partial charge < -0.3 is 14.2 Å². The van der Waals surface area contributed by atoms with E-state index in [-0.39, 0.29) is 22.3 Å². The number of nitrogens with one attached hydrogen (secondary N) is 2. The number of anilines is 1. The number of rotatable bonds is 8. The largest absolute Gasteiger partial charge is 0.493 e.